The Morgan fingerprint density at radius 3 is 3.07 bits per heavy atom. The Balaban J connectivity index is 1.45. The molecule has 6 nitrogen and oxygen atoms in total. The molecule has 27 heavy (non-hydrogen) atoms. The molecule has 0 saturated heterocycles. The van der Waals surface area contributed by atoms with Crippen molar-refractivity contribution in [3.63, 3.8) is 0 Å². The van der Waals surface area contributed by atoms with Gasteiger partial charge in [-0.2, -0.15) is 0 Å². The van der Waals surface area contributed by atoms with Crippen molar-refractivity contribution in [2.45, 2.75) is 13.5 Å². The van der Waals surface area contributed by atoms with Crippen LogP contribution in [0.3, 0.4) is 0 Å². The molecule has 1 aromatic carbocycles. The standard InChI is InChI=1S/C21H21N3O3/c1-14-16-5-3-4-6-17(16)27-19(14)13-24(2)20(25)8-7-15-11-18-21(23-12-15)22-9-10-26-18/h3-8,11-12H,9-10,13H2,1-2H3,(H,22,23). The number of amides is 1. The predicted octanol–water partition coefficient (Wildman–Crippen LogP) is 3.61. The van der Waals surface area contributed by atoms with Crippen LogP contribution in [-0.2, 0) is 11.3 Å². The number of anilines is 1. The van der Waals surface area contributed by atoms with E-state index in [1.165, 1.54) is 6.08 Å². The third-order valence-electron chi connectivity index (χ3n) is 4.64. The molecule has 4 rings (SSSR count). The van der Waals surface area contributed by atoms with Gasteiger partial charge in [0, 0.05) is 30.3 Å². The number of benzene rings is 1. The van der Waals surface area contributed by atoms with Crippen LogP contribution in [0.1, 0.15) is 16.9 Å². The monoisotopic (exact) mass is 363 g/mol. The van der Waals surface area contributed by atoms with Gasteiger partial charge < -0.3 is 19.4 Å². The van der Waals surface area contributed by atoms with E-state index in [1.807, 2.05) is 37.3 Å². The lowest BCUT2D eigenvalue weighted by molar-refractivity contribution is -0.125. The molecule has 0 spiro atoms. The topological polar surface area (TPSA) is 67.6 Å². The maximum absolute atomic E-state index is 12.5. The van der Waals surface area contributed by atoms with Gasteiger partial charge in [-0.25, -0.2) is 4.98 Å². The number of nitrogens with zero attached hydrogens (tertiary/aromatic N) is 2. The SMILES string of the molecule is Cc1c(CN(C)C(=O)C=Cc2cnc3c(c2)OCCN3)oc2ccccc12. The fraction of sp³-hybridized carbons (Fsp3) is 0.238. The Bertz CT molecular complexity index is 1020. The summed E-state index contributed by atoms with van der Waals surface area (Å²) in [6, 6.07) is 9.77. The molecule has 2 aromatic heterocycles. The smallest absolute Gasteiger partial charge is 0.246 e. The minimum absolute atomic E-state index is 0.105. The Morgan fingerprint density at radius 2 is 2.22 bits per heavy atom. The van der Waals surface area contributed by atoms with Crippen LogP contribution in [0.4, 0.5) is 5.82 Å². The molecular formula is C21H21N3O3. The summed E-state index contributed by atoms with van der Waals surface area (Å²) in [5.74, 6) is 2.14. The van der Waals surface area contributed by atoms with Gasteiger partial charge in [0.25, 0.3) is 0 Å². The molecule has 0 fully saturated rings. The zero-order valence-electron chi connectivity index (χ0n) is 15.4. The van der Waals surface area contributed by atoms with Gasteiger partial charge in [-0.15, -0.1) is 0 Å². The number of hydrogen-bond donors (Lipinski definition) is 1. The average Bonchev–Trinajstić information content (AvgIpc) is 3.01. The highest BCUT2D eigenvalue weighted by atomic mass is 16.5. The molecule has 1 aliphatic heterocycles. The van der Waals surface area contributed by atoms with Crippen LogP contribution in [0.2, 0.25) is 0 Å². The highest BCUT2D eigenvalue weighted by molar-refractivity contribution is 5.91. The Labute approximate surface area is 157 Å². The number of aromatic nitrogens is 1. The van der Waals surface area contributed by atoms with Crippen LogP contribution in [-0.4, -0.2) is 36.0 Å². The summed E-state index contributed by atoms with van der Waals surface area (Å²) in [4.78, 5) is 18.4. The highest BCUT2D eigenvalue weighted by Gasteiger charge is 2.14. The summed E-state index contributed by atoms with van der Waals surface area (Å²) >= 11 is 0. The summed E-state index contributed by atoms with van der Waals surface area (Å²) in [5.41, 5.74) is 2.73. The molecule has 1 aliphatic rings. The quantitative estimate of drug-likeness (QED) is 0.717. The van der Waals surface area contributed by atoms with Crippen molar-refractivity contribution in [1.82, 2.24) is 9.88 Å². The lowest BCUT2D eigenvalue weighted by Crippen LogP contribution is -2.24. The lowest BCUT2D eigenvalue weighted by Gasteiger charge is -2.18. The number of furan rings is 1. The average molecular weight is 363 g/mol. The number of carbonyl (C=O) groups is 1. The highest BCUT2D eigenvalue weighted by Crippen LogP contribution is 2.27. The van der Waals surface area contributed by atoms with E-state index in [0.29, 0.717) is 18.9 Å². The maximum atomic E-state index is 12.5. The van der Waals surface area contributed by atoms with E-state index < -0.39 is 0 Å². The van der Waals surface area contributed by atoms with Crippen molar-refractivity contribution in [3.05, 3.63) is 59.5 Å². The van der Waals surface area contributed by atoms with Gasteiger partial charge in [0.15, 0.2) is 11.6 Å². The second-order valence-electron chi connectivity index (χ2n) is 6.56. The van der Waals surface area contributed by atoms with Gasteiger partial charge in [-0.3, -0.25) is 4.79 Å². The van der Waals surface area contributed by atoms with Gasteiger partial charge in [0.1, 0.15) is 18.0 Å². The lowest BCUT2D eigenvalue weighted by atomic mass is 10.1. The molecule has 0 radical (unpaired) electrons. The zero-order chi connectivity index (χ0) is 18.8. The Kier molecular flexibility index (Phi) is 4.54. The summed E-state index contributed by atoms with van der Waals surface area (Å²) in [6.45, 7) is 3.79. The van der Waals surface area contributed by atoms with E-state index in [9.17, 15) is 4.79 Å². The van der Waals surface area contributed by atoms with Crippen molar-refractivity contribution in [2.24, 2.45) is 0 Å². The number of ether oxygens (including phenoxy) is 1. The van der Waals surface area contributed by atoms with E-state index in [0.717, 1.165) is 40.2 Å². The number of rotatable bonds is 4. The number of pyridine rings is 1. The third-order valence-corrected chi connectivity index (χ3v) is 4.64. The van der Waals surface area contributed by atoms with E-state index in [1.54, 1.807) is 24.2 Å². The third kappa shape index (κ3) is 3.51. The first-order valence-electron chi connectivity index (χ1n) is 8.89. The first kappa shape index (κ1) is 17.1. The second-order valence-corrected chi connectivity index (χ2v) is 6.56. The molecule has 1 N–H and O–H groups in total. The summed E-state index contributed by atoms with van der Waals surface area (Å²) < 4.78 is 11.5. The normalized spacial score (nSPS) is 13.3. The van der Waals surface area contributed by atoms with Gasteiger partial charge in [-0.1, -0.05) is 18.2 Å². The molecule has 3 aromatic rings. The number of carbonyl (C=O) groups excluding carboxylic acids is 1. The fourth-order valence-corrected chi connectivity index (χ4v) is 3.09. The molecule has 6 heteroatoms. The molecule has 0 aliphatic carbocycles. The Hall–Kier alpha value is -3.28. The zero-order valence-corrected chi connectivity index (χ0v) is 15.4. The molecule has 0 saturated carbocycles. The van der Waals surface area contributed by atoms with Crippen molar-refractivity contribution in [1.29, 1.82) is 0 Å². The first-order valence-corrected chi connectivity index (χ1v) is 8.89. The van der Waals surface area contributed by atoms with Gasteiger partial charge in [-0.05, 0) is 30.7 Å². The summed E-state index contributed by atoms with van der Waals surface area (Å²) in [7, 11) is 1.76. The van der Waals surface area contributed by atoms with Crippen LogP contribution < -0.4 is 10.1 Å². The number of aryl methyl sites for hydroxylation is 1. The van der Waals surface area contributed by atoms with Crippen molar-refractivity contribution >= 4 is 28.8 Å². The molecule has 0 atom stereocenters. The number of hydrogen-bond acceptors (Lipinski definition) is 5. The number of para-hydroxylation sites is 1. The van der Waals surface area contributed by atoms with Crippen LogP contribution in [0.25, 0.3) is 17.0 Å². The van der Waals surface area contributed by atoms with Gasteiger partial charge in [0.2, 0.25) is 5.91 Å². The van der Waals surface area contributed by atoms with Crippen molar-refractivity contribution in [3.8, 4) is 5.75 Å². The van der Waals surface area contributed by atoms with Crippen LogP contribution >= 0.6 is 0 Å². The number of fused-ring (bicyclic) bond motifs is 2. The second kappa shape index (κ2) is 7.15. The first-order chi connectivity index (χ1) is 13.1. The minimum Gasteiger partial charge on any atom is -0.488 e. The van der Waals surface area contributed by atoms with E-state index in [-0.39, 0.29) is 5.91 Å². The molecule has 1 amide bonds. The summed E-state index contributed by atoms with van der Waals surface area (Å²) in [5, 5.41) is 4.25. The molecule has 3 heterocycles. The van der Waals surface area contributed by atoms with Gasteiger partial charge >= 0.3 is 0 Å². The molecular weight excluding hydrogens is 342 g/mol. The molecule has 0 bridgehead atoms. The predicted molar refractivity (Wildman–Crippen MR) is 105 cm³/mol. The Morgan fingerprint density at radius 1 is 1.37 bits per heavy atom. The summed E-state index contributed by atoms with van der Waals surface area (Å²) in [6.07, 6.45) is 5.00. The number of likely N-dealkylation sites (N-methyl/N-ethyl adjacent to an activating group) is 1. The largest absolute Gasteiger partial charge is 0.488 e. The fourth-order valence-electron chi connectivity index (χ4n) is 3.09. The number of nitrogens with one attached hydrogen (secondary N) is 1. The molecule has 0 unspecified atom stereocenters. The van der Waals surface area contributed by atoms with Crippen LogP contribution in [0, 0.1) is 6.92 Å². The minimum atomic E-state index is -0.105. The van der Waals surface area contributed by atoms with Crippen LogP contribution in [0.15, 0.2) is 47.0 Å². The van der Waals surface area contributed by atoms with Gasteiger partial charge in [0.05, 0.1) is 13.1 Å². The van der Waals surface area contributed by atoms with E-state index in [4.69, 9.17) is 9.15 Å². The molecule has 138 valence electrons. The van der Waals surface area contributed by atoms with E-state index >= 15 is 0 Å². The van der Waals surface area contributed by atoms with Crippen molar-refractivity contribution in [2.75, 3.05) is 25.5 Å². The maximum Gasteiger partial charge on any atom is 0.246 e. The van der Waals surface area contributed by atoms with E-state index in [2.05, 4.69) is 10.3 Å². The van der Waals surface area contributed by atoms with Crippen LogP contribution in [0.5, 0.6) is 5.75 Å². The van der Waals surface area contributed by atoms with Crippen molar-refractivity contribution < 1.29 is 13.9 Å².